The zero-order valence-electron chi connectivity index (χ0n) is 9.96. The fourth-order valence-corrected chi connectivity index (χ4v) is 2.12. The topological polar surface area (TPSA) is 67.8 Å². The third-order valence-corrected chi connectivity index (χ3v) is 7.36. The van der Waals surface area contributed by atoms with Crippen molar-refractivity contribution in [2.75, 3.05) is 0 Å². The SMILES string of the molecule is C[C@H](O[Si](C)(C)C(C)(C)C)C(N)=NO. The third-order valence-electron chi connectivity index (χ3n) is 2.81. The lowest BCUT2D eigenvalue weighted by molar-refractivity contribution is 0.245. The molecule has 0 saturated carbocycles. The van der Waals surface area contributed by atoms with Gasteiger partial charge in [0.05, 0.1) is 0 Å². The molecule has 1 atom stereocenters. The molecule has 0 amide bonds. The molecule has 0 bridgehead atoms. The summed E-state index contributed by atoms with van der Waals surface area (Å²) < 4.78 is 5.88. The summed E-state index contributed by atoms with van der Waals surface area (Å²) >= 11 is 0. The zero-order chi connectivity index (χ0) is 11.6. The predicted octanol–water partition coefficient (Wildman–Crippen LogP) is 2.14. The van der Waals surface area contributed by atoms with Crippen LogP contribution in [0, 0.1) is 0 Å². The van der Waals surface area contributed by atoms with Crippen LogP contribution in [0.4, 0.5) is 0 Å². The number of amidine groups is 1. The van der Waals surface area contributed by atoms with Crippen LogP contribution in [-0.2, 0) is 4.43 Å². The van der Waals surface area contributed by atoms with E-state index in [2.05, 4.69) is 39.0 Å². The summed E-state index contributed by atoms with van der Waals surface area (Å²) in [5.41, 5.74) is 5.46. The molecule has 0 rings (SSSR count). The molecular formula is C9H22N2O2Si. The Kier molecular flexibility index (Phi) is 4.14. The molecule has 0 aromatic carbocycles. The van der Waals surface area contributed by atoms with Crippen LogP contribution >= 0.6 is 0 Å². The molecule has 0 radical (unpaired) electrons. The smallest absolute Gasteiger partial charge is 0.193 e. The van der Waals surface area contributed by atoms with E-state index >= 15 is 0 Å². The van der Waals surface area contributed by atoms with E-state index in [4.69, 9.17) is 15.4 Å². The number of oxime groups is 1. The Morgan fingerprint density at radius 3 is 2.14 bits per heavy atom. The van der Waals surface area contributed by atoms with Crippen molar-refractivity contribution in [1.29, 1.82) is 0 Å². The number of hydrogen-bond acceptors (Lipinski definition) is 3. The van der Waals surface area contributed by atoms with Crippen LogP contribution in [0.25, 0.3) is 0 Å². The van der Waals surface area contributed by atoms with E-state index in [1.54, 1.807) is 6.92 Å². The minimum atomic E-state index is -1.82. The highest BCUT2D eigenvalue weighted by Crippen LogP contribution is 2.37. The van der Waals surface area contributed by atoms with Crippen molar-refractivity contribution in [2.24, 2.45) is 10.9 Å². The largest absolute Gasteiger partial charge is 0.409 e. The molecule has 0 fully saturated rings. The molecule has 0 spiro atoms. The molecule has 3 N–H and O–H groups in total. The molecular weight excluding hydrogens is 196 g/mol. The molecule has 0 unspecified atom stereocenters. The Bertz CT molecular complexity index is 221. The quantitative estimate of drug-likeness (QED) is 0.251. The molecule has 4 nitrogen and oxygen atoms in total. The van der Waals surface area contributed by atoms with E-state index in [0.717, 1.165) is 0 Å². The molecule has 14 heavy (non-hydrogen) atoms. The maximum Gasteiger partial charge on any atom is 0.193 e. The second-order valence-corrected chi connectivity index (χ2v) is 9.80. The van der Waals surface area contributed by atoms with Gasteiger partial charge in [-0.2, -0.15) is 0 Å². The van der Waals surface area contributed by atoms with Crippen molar-refractivity contribution in [1.82, 2.24) is 0 Å². The van der Waals surface area contributed by atoms with Crippen LogP contribution in [0.1, 0.15) is 27.7 Å². The molecule has 0 heterocycles. The second-order valence-electron chi connectivity index (χ2n) is 5.05. The van der Waals surface area contributed by atoms with Gasteiger partial charge in [0.15, 0.2) is 14.2 Å². The Hall–Kier alpha value is -0.553. The van der Waals surface area contributed by atoms with Gasteiger partial charge in [0.25, 0.3) is 0 Å². The fourth-order valence-electron chi connectivity index (χ4n) is 0.760. The molecule has 0 aromatic rings. The van der Waals surface area contributed by atoms with Crippen molar-refractivity contribution in [3.63, 3.8) is 0 Å². The first kappa shape index (κ1) is 13.4. The van der Waals surface area contributed by atoms with E-state index in [9.17, 15) is 0 Å². The van der Waals surface area contributed by atoms with E-state index in [-0.39, 0.29) is 17.0 Å². The summed E-state index contributed by atoms with van der Waals surface area (Å²) in [5, 5.41) is 11.6. The van der Waals surface area contributed by atoms with Crippen LogP contribution in [0.15, 0.2) is 5.16 Å². The average molecular weight is 218 g/mol. The summed E-state index contributed by atoms with van der Waals surface area (Å²) in [6.45, 7) is 12.5. The Morgan fingerprint density at radius 1 is 1.43 bits per heavy atom. The highest BCUT2D eigenvalue weighted by Gasteiger charge is 2.38. The molecule has 0 saturated heterocycles. The molecule has 0 aromatic heterocycles. The summed E-state index contributed by atoms with van der Waals surface area (Å²) in [4.78, 5) is 0. The van der Waals surface area contributed by atoms with Crippen molar-refractivity contribution in [3.05, 3.63) is 0 Å². The van der Waals surface area contributed by atoms with Gasteiger partial charge in [-0.1, -0.05) is 25.9 Å². The zero-order valence-corrected chi connectivity index (χ0v) is 11.0. The maximum absolute atomic E-state index is 8.50. The number of nitrogens with two attached hydrogens (primary N) is 1. The molecule has 5 heteroatoms. The van der Waals surface area contributed by atoms with Crippen molar-refractivity contribution in [3.8, 4) is 0 Å². The van der Waals surface area contributed by atoms with Crippen LogP contribution < -0.4 is 5.73 Å². The lowest BCUT2D eigenvalue weighted by Crippen LogP contribution is -2.46. The predicted molar refractivity (Wildman–Crippen MR) is 61.2 cm³/mol. The first-order valence-corrected chi connectivity index (χ1v) is 7.68. The van der Waals surface area contributed by atoms with Crippen molar-refractivity contribution >= 4 is 14.2 Å². The lowest BCUT2D eigenvalue weighted by Gasteiger charge is -2.38. The van der Waals surface area contributed by atoms with Gasteiger partial charge in [0.1, 0.15) is 6.10 Å². The average Bonchev–Trinajstić information content (AvgIpc) is 2.00. The summed E-state index contributed by atoms with van der Waals surface area (Å²) in [5.74, 6) is 0.134. The summed E-state index contributed by atoms with van der Waals surface area (Å²) in [7, 11) is -1.82. The Labute approximate surface area is 87.3 Å². The van der Waals surface area contributed by atoms with E-state index < -0.39 is 8.32 Å². The lowest BCUT2D eigenvalue weighted by atomic mass is 10.2. The number of rotatable bonds is 3. The maximum atomic E-state index is 8.50. The van der Waals surface area contributed by atoms with Gasteiger partial charge in [-0.05, 0) is 25.1 Å². The molecule has 0 aliphatic rings. The Morgan fingerprint density at radius 2 is 1.86 bits per heavy atom. The van der Waals surface area contributed by atoms with Gasteiger partial charge in [0.2, 0.25) is 0 Å². The minimum Gasteiger partial charge on any atom is -0.409 e. The summed E-state index contributed by atoms with van der Waals surface area (Å²) in [6.07, 6.45) is -0.319. The first-order valence-electron chi connectivity index (χ1n) is 4.77. The van der Waals surface area contributed by atoms with Crippen LogP contribution in [0.3, 0.4) is 0 Å². The number of nitrogens with zero attached hydrogens (tertiary/aromatic N) is 1. The van der Waals surface area contributed by atoms with Gasteiger partial charge in [-0.3, -0.25) is 0 Å². The first-order chi connectivity index (χ1) is 6.12. The van der Waals surface area contributed by atoms with Gasteiger partial charge in [-0.25, -0.2) is 0 Å². The highest BCUT2D eigenvalue weighted by atomic mass is 28.4. The summed E-state index contributed by atoms with van der Waals surface area (Å²) in [6, 6.07) is 0. The Balaban J connectivity index is 4.53. The molecule has 84 valence electrons. The second kappa shape index (κ2) is 4.31. The van der Waals surface area contributed by atoms with Crippen LogP contribution in [-0.4, -0.2) is 25.5 Å². The van der Waals surface area contributed by atoms with E-state index in [0.29, 0.717) is 0 Å². The molecule has 0 aliphatic carbocycles. The van der Waals surface area contributed by atoms with Gasteiger partial charge in [0, 0.05) is 0 Å². The monoisotopic (exact) mass is 218 g/mol. The van der Waals surface area contributed by atoms with Gasteiger partial charge in [-0.15, -0.1) is 0 Å². The van der Waals surface area contributed by atoms with E-state index in [1.165, 1.54) is 0 Å². The van der Waals surface area contributed by atoms with Gasteiger partial charge >= 0.3 is 0 Å². The van der Waals surface area contributed by atoms with E-state index in [1.807, 2.05) is 0 Å². The normalized spacial score (nSPS) is 16.9. The minimum absolute atomic E-state index is 0.134. The molecule has 0 aliphatic heterocycles. The van der Waals surface area contributed by atoms with Gasteiger partial charge < -0.3 is 15.4 Å². The fraction of sp³-hybridized carbons (Fsp3) is 0.889. The number of hydrogen-bond donors (Lipinski definition) is 2. The third kappa shape index (κ3) is 3.30. The highest BCUT2D eigenvalue weighted by molar-refractivity contribution is 6.74. The standard InChI is InChI=1S/C9H22N2O2Si/c1-7(8(10)11-12)13-14(5,6)9(2,3)4/h7,12H,1-6H3,(H2,10,11)/t7-/m0/s1. The van der Waals surface area contributed by atoms with Crippen LogP contribution in [0.2, 0.25) is 18.1 Å². The van der Waals surface area contributed by atoms with Crippen molar-refractivity contribution in [2.45, 2.75) is 51.9 Å². The van der Waals surface area contributed by atoms with Crippen molar-refractivity contribution < 1.29 is 9.63 Å². The van der Waals surface area contributed by atoms with Crippen LogP contribution in [0.5, 0.6) is 0 Å².